The summed E-state index contributed by atoms with van der Waals surface area (Å²) >= 11 is 0. The van der Waals surface area contributed by atoms with E-state index in [1.54, 1.807) is 0 Å². The van der Waals surface area contributed by atoms with E-state index in [2.05, 4.69) is 5.32 Å². The lowest BCUT2D eigenvalue weighted by Crippen LogP contribution is -2.36. The third-order valence-electron chi connectivity index (χ3n) is 3.70. The number of hydrogen-bond donors (Lipinski definition) is 2. The average molecular weight is 248 g/mol. The van der Waals surface area contributed by atoms with Crippen molar-refractivity contribution in [2.75, 3.05) is 19.7 Å². The maximum absolute atomic E-state index is 5.77. The van der Waals surface area contributed by atoms with Gasteiger partial charge in [-0.1, -0.05) is 24.6 Å². The van der Waals surface area contributed by atoms with Crippen molar-refractivity contribution in [3.05, 3.63) is 30.3 Å². The third-order valence-corrected chi connectivity index (χ3v) is 3.70. The van der Waals surface area contributed by atoms with Gasteiger partial charge in [-0.15, -0.1) is 0 Å². The molecule has 3 N–H and O–H groups in total. The van der Waals surface area contributed by atoms with Gasteiger partial charge in [-0.25, -0.2) is 0 Å². The van der Waals surface area contributed by atoms with Gasteiger partial charge in [0.25, 0.3) is 0 Å². The highest BCUT2D eigenvalue weighted by Crippen LogP contribution is 2.24. The first-order valence-electron chi connectivity index (χ1n) is 7.01. The first kappa shape index (κ1) is 13.4. The number of benzene rings is 1. The SMILES string of the molecule is NCC1CCCC1NCCCOc1ccccc1. The molecule has 1 aliphatic carbocycles. The van der Waals surface area contributed by atoms with Crippen LogP contribution in [0, 0.1) is 5.92 Å². The van der Waals surface area contributed by atoms with Gasteiger partial charge in [0.1, 0.15) is 5.75 Å². The van der Waals surface area contributed by atoms with Gasteiger partial charge in [-0.05, 0) is 50.4 Å². The lowest BCUT2D eigenvalue weighted by Gasteiger charge is -2.19. The number of nitrogens with two attached hydrogens (primary N) is 1. The zero-order chi connectivity index (χ0) is 12.6. The molecule has 0 bridgehead atoms. The number of rotatable bonds is 7. The van der Waals surface area contributed by atoms with E-state index in [0.29, 0.717) is 12.0 Å². The van der Waals surface area contributed by atoms with Crippen LogP contribution in [0.15, 0.2) is 30.3 Å². The Hall–Kier alpha value is -1.06. The molecule has 100 valence electrons. The molecule has 3 nitrogen and oxygen atoms in total. The highest BCUT2D eigenvalue weighted by atomic mass is 16.5. The van der Waals surface area contributed by atoms with Gasteiger partial charge in [0, 0.05) is 6.04 Å². The standard InChI is InChI=1S/C15H24N2O/c16-12-13-6-4-9-15(13)17-10-5-11-18-14-7-2-1-3-8-14/h1-3,7-8,13,15,17H,4-6,9-12,16H2. The summed E-state index contributed by atoms with van der Waals surface area (Å²) in [4.78, 5) is 0. The van der Waals surface area contributed by atoms with Crippen molar-refractivity contribution in [3.63, 3.8) is 0 Å². The van der Waals surface area contributed by atoms with Crippen LogP contribution < -0.4 is 15.8 Å². The molecule has 0 saturated heterocycles. The van der Waals surface area contributed by atoms with Gasteiger partial charge in [0.15, 0.2) is 0 Å². The van der Waals surface area contributed by atoms with Crippen molar-refractivity contribution in [1.29, 1.82) is 0 Å². The second-order valence-electron chi connectivity index (χ2n) is 5.00. The summed E-state index contributed by atoms with van der Waals surface area (Å²) in [6.07, 6.45) is 4.93. The fraction of sp³-hybridized carbons (Fsp3) is 0.600. The zero-order valence-electron chi connectivity index (χ0n) is 11.0. The first-order chi connectivity index (χ1) is 8.90. The van der Waals surface area contributed by atoms with E-state index in [4.69, 9.17) is 10.5 Å². The molecule has 0 aromatic heterocycles. The number of ether oxygens (including phenoxy) is 1. The van der Waals surface area contributed by atoms with Crippen molar-refractivity contribution in [2.45, 2.75) is 31.7 Å². The van der Waals surface area contributed by atoms with E-state index in [1.165, 1.54) is 19.3 Å². The summed E-state index contributed by atoms with van der Waals surface area (Å²) < 4.78 is 5.66. The van der Waals surface area contributed by atoms with Crippen LogP contribution in [-0.2, 0) is 0 Å². The Morgan fingerprint density at radius 3 is 2.83 bits per heavy atom. The summed E-state index contributed by atoms with van der Waals surface area (Å²) in [5.41, 5.74) is 5.77. The van der Waals surface area contributed by atoms with Gasteiger partial charge in [-0.2, -0.15) is 0 Å². The van der Waals surface area contributed by atoms with Gasteiger partial charge in [0.05, 0.1) is 6.61 Å². The highest BCUT2D eigenvalue weighted by Gasteiger charge is 2.24. The fourth-order valence-electron chi connectivity index (χ4n) is 2.65. The Morgan fingerprint density at radius 2 is 2.06 bits per heavy atom. The lowest BCUT2D eigenvalue weighted by molar-refractivity contribution is 0.299. The smallest absolute Gasteiger partial charge is 0.119 e. The monoisotopic (exact) mass is 248 g/mol. The minimum atomic E-state index is 0.631. The van der Waals surface area contributed by atoms with Crippen LogP contribution >= 0.6 is 0 Å². The van der Waals surface area contributed by atoms with E-state index in [-0.39, 0.29) is 0 Å². The van der Waals surface area contributed by atoms with Crippen molar-refractivity contribution in [1.82, 2.24) is 5.32 Å². The molecule has 1 fully saturated rings. The van der Waals surface area contributed by atoms with E-state index in [9.17, 15) is 0 Å². The maximum Gasteiger partial charge on any atom is 0.119 e. The average Bonchev–Trinajstić information content (AvgIpc) is 2.87. The Bertz CT molecular complexity index is 329. The molecule has 2 atom stereocenters. The Labute approximate surface area is 110 Å². The van der Waals surface area contributed by atoms with Gasteiger partial charge in [0.2, 0.25) is 0 Å². The van der Waals surface area contributed by atoms with Crippen LogP contribution in [0.3, 0.4) is 0 Å². The predicted octanol–water partition coefficient (Wildman–Crippen LogP) is 2.17. The minimum Gasteiger partial charge on any atom is -0.494 e. The molecule has 0 spiro atoms. The Balaban J connectivity index is 1.56. The molecule has 1 saturated carbocycles. The highest BCUT2D eigenvalue weighted by molar-refractivity contribution is 5.20. The van der Waals surface area contributed by atoms with Crippen LogP contribution in [0.5, 0.6) is 5.75 Å². The maximum atomic E-state index is 5.77. The molecular weight excluding hydrogens is 224 g/mol. The molecule has 2 rings (SSSR count). The van der Waals surface area contributed by atoms with Crippen LogP contribution in [0.25, 0.3) is 0 Å². The number of hydrogen-bond acceptors (Lipinski definition) is 3. The third kappa shape index (κ3) is 4.00. The molecule has 2 unspecified atom stereocenters. The molecule has 0 amide bonds. The lowest BCUT2D eigenvalue weighted by atomic mass is 10.0. The summed E-state index contributed by atoms with van der Waals surface area (Å²) in [5.74, 6) is 1.64. The van der Waals surface area contributed by atoms with Crippen LogP contribution in [0.2, 0.25) is 0 Å². The summed E-state index contributed by atoms with van der Waals surface area (Å²) in [6.45, 7) is 2.61. The molecular formula is C15H24N2O. The quantitative estimate of drug-likeness (QED) is 0.727. The van der Waals surface area contributed by atoms with E-state index >= 15 is 0 Å². The normalized spacial score (nSPS) is 23.2. The largest absolute Gasteiger partial charge is 0.494 e. The zero-order valence-corrected chi connectivity index (χ0v) is 11.0. The van der Waals surface area contributed by atoms with E-state index in [0.717, 1.165) is 31.9 Å². The fourth-order valence-corrected chi connectivity index (χ4v) is 2.65. The molecule has 1 aliphatic rings. The summed E-state index contributed by atoms with van der Waals surface area (Å²) in [6, 6.07) is 10.6. The first-order valence-corrected chi connectivity index (χ1v) is 7.01. The van der Waals surface area contributed by atoms with Crippen molar-refractivity contribution < 1.29 is 4.74 Å². The van der Waals surface area contributed by atoms with Crippen LogP contribution in [0.4, 0.5) is 0 Å². The predicted molar refractivity (Wildman–Crippen MR) is 74.7 cm³/mol. The molecule has 0 radical (unpaired) electrons. The molecule has 1 aromatic rings. The number of nitrogens with one attached hydrogen (secondary N) is 1. The summed E-state index contributed by atoms with van der Waals surface area (Å²) in [7, 11) is 0. The Kier molecular flexibility index (Phi) is 5.49. The second-order valence-corrected chi connectivity index (χ2v) is 5.00. The molecule has 1 aromatic carbocycles. The topological polar surface area (TPSA) is 47.3 Å². The van der Waals surface area contributed by atoms with Gasteiger partial charge in [-0.3, -0.25) is 0 Å². The van der Waals surface area contributed by atoms with Crippen LogP contribution in [0.1, 0.15) is 25.7 Å². The molecule has 3 heteroatoms. The second kappa shape index (κ2) is 7.39. The summed E-state index contributed by atoms with van der Waals surface area (Å²) in [5, 5.41) is 3.61. The molecule has 0 heterocycles. The van der Waals surface area contributed by atoms with Crippen LogP contribution in [-0.4, -0.2) is 25.7 Å². The Morgan fingerprint density at radius 1 is 1.22 bits per heavy atom. The van der Waals surface area contributed by atoms with Crippen molar-refractivity contribution >= 4 is 0 Å². The molecule has 0 aliphatic heterocycles. The minimum absolute atomic E-state index is 0.631. The number of para-hydroxylation sites is 1. The van der Waals surface area contributed by atoms with Gasteiger partial charge >= 0.3 is 0 Å². The van der Waals surface area contributed by atoms with Gasteiger partial charge < -0.3 is 15.8 Å². The van der Waals surface area contributed by atoms with Crippen molar-refractivity contribution in [2.24, 2.45) is 11.7 Å². The van der Waals surface area contributed by atoms with E-state index < -0.39 is 0 Å². The van der Waals surface area contributed by atoms with E-state index in [1.807, 2.05) is 30.3 Å². The van der Waals surface area contributed by atoms with Crippen molar-refractivity contribution in [3.8, 4) is 5.75 Å². The molecule has 18 heavy (non-hydrogen) atoms.